The number of hydrogen-bond donors (Lipinski definition) is 2. The van der Waals surface area contributed by atoms with Crippen LogP contribution in [0.5, 0.6) is 5.75 Å². The number of ketones is 1. The predicted octanol–water partition coefficient (Wildman–Crippen LogP) is 2.55. The molecular weight excluding hydrogens is 370 g/mol. The maximum Gasteiger partial charge on any atom is 0.295 e. The van der Waals surface area contributed by atoms with Crippen LogP contribution in [0, 0.1) is 0 Å². The lowest BCUT2D eigenvalue weighted by Crippen LogP contribution is -2.38. The molecule has 1 aromatic carbocycles. The Labute approximate surface area is 169 Å². The Morgan fingerprint density at radius 3 is 2.28 bits per heavy atom. The van der Waals surface area contributed by atoms with E-state index in [2.05, 4.69) is 9.88 Å². The van der Waals surface area contributed by atoms with Crippen molar-refractivity contribution >= 4 is 17.4 Å². The molecule has 1 aliphatic rings. The molecule has 1 unspecified atom stereocenters. The number of phenols is 1. The van der Waals surface area contributed by atoms with E-state index in [1.54, 1.807) is 24.3 Å². The normalized spacial score (nSPS) is 18.6. The van der Waals surface area contributed by atoms with Gasteiger partial charge in [-0.3, -0.25) is 14.6 Å². The highest BCUT2D eigenvalue weighted by atomic mass is 16.3. The lowest BCUT2D eigenvalue weighted by Gasteiger charge is -2.28. The molecular formula is C22H25N3O4. The number of nitrogens with zero attached hydrogens (tertiary/aromatic N) is 3. The van der Waals surface area contributed by atoms with Crippen molar-refractivity contribution in [1.29, 1.82) is 0 Å². The molecule has 0 saturated carbocycles. The van der Waals surface area contributed by atoms with Gasteiger partial charge in [0.05, 0.1) is 11.6 Å². The van der Waals surface area contributed by atoms with Crippen molar-refractivity contribution in [1.82, 2.24) is 14.8 Å². The predicted molar refractivity (Wildman–Crippen MR) is 109 cm³/mol. The van der Waals surface area contributed by atoms with Crippen LogP contribution in [0.25, 0.3) is 5.76 Å². The van der Waals surface area contributed by atoms with Crippen molar-refractivity contribution < 1.29 is 19.8 Å². The van der Waals surface area contributed by atoms with Crippen LogP contribution < -0.4 is 0 Å². The summed E-state index contributed by atoms with van der Waals surface area (Å²) in [4.78, 5) is 33.3. The molecule has 2 heterocycles. The Balaban J connectivity index is 2.07. The minimum atomic E-state index is -0.723. The zero-order valence-electron chi connectivity index (χ0n) is 16.6. The molecule has 1 atom stereocenters. The minimum Gasteiger partial charge on any atom is -0.508 e. The molecule has 1 amide bonds. The standard InChI is InChI=1S/C22H25N3O4/c1-3-24(4-2)13-14-25-19(15-5-7-17(26)8-6-15)18(21(28)22(25)29)20(27)16-9-11-23-12-10-16/h5-12,19,26-27H,3-4,13-14H2,1-2H3/b20-18+. The van der Waals surface area contributed by atoms with Gasteiger partial charge in [0, 0.05) is 31.0 Å². The monoisotopic (exact) mass is 395 g/mol. The van der Waals surface area contributed by atoms with E-state index in [0.29, 0.717) is 24.2 Å². The Morgan fingerprint density at radius 1 is 1.07 bits per heavy atom. The molecule has 7 nitrogen and oxygen atoms in total. The van der Waals surface area contributed by atoms with Gasteiger partial charge in [0.1, 0.15) is 11.5 Å². The smallest absolute Gasteiger partial charge is 0.295 e. The molecule has 152 valence electrons. The number of likely N-dealkylation sites (N-methyl/N-ethyl adjacent to an activating group) is 1. The Hall–Kier alpha value is -3.19. The van der Waals surface area contributed by atoms with E-state index in [4.69, 9.17) is 0 Å². The number of benzene rings is 1. The number of phenolic OH excluding ortho intramolecular Hbond substituents is 1. The van der Waals surface area contributed by atoms with E-state index in [9.17, 15) is 19.8 Å². The molecule has 0 spiro atoms. The van der Waals surface area contributed by atoms with Crippen molar-refractivity contribution in [3.8, 4) is 5.75 Å². The molecule has 1 aliphatic heterocycles. The van der Waals surface area contributed by atoms with Crippen molar-refractivity contribution in [2.45, 2.75) is 19.9 Å². The van der Waals surface area contributed by atoms with E-state index >= 15 is 0 Å². The number of aliphatic hydroxyl groups is 1. The van der Waals surface area contributed by atoms with Gasteiger partial charge in [-0.15, -0.1) is 0 Å². The highest BCUT2D eigenvalue weighted by Gasteiger charge is 2.45. The van der Waals surface area contributed by atoms with Gasteiger partial charge in [0.25, 0.3) is 11.7 Å². The Morgan fingerprint density at radius 2 is 1.69 bits per heavy atom. The maximum absolute atomic E-state index is 12.9. The Bertz CT molecular complexity index is 905. The first-order chi connectivity index (χ1) is 14.0. The molecule has 3 rings (SSSR count). The molecule has 0 aliphatic carbocycles. The number of pyridine rings is 1. The molecule has 2 aromatic rings. The van der Waals surface area contributed by atoms with E-state index in [1.165, 1.54) is 29.4 Å². The number of aromatic hydroxyl groups is 1. The second-order valence-corrected chi connectivity index (χ2v) is 6.85. The first kappa shape index (κ1) is 20.5. The minimum absolute atomic E-state index is 0.0476. The topological polar surface area (TPSA) is 94.0 Å². The quantitative estimate of drug-likeness (QED) is 0.425. The average molecular weight is 395 g/mol. The molecule has 1 aromatic heterocycles. The van der Waals surface area contributed by atoms with Gasteiger partial charge in [-0.1, -0.05) is 26.0 Å². The summed E-state index contributed by atoms with van der Waals surface area (Å²) in [6.45, 7) is 6.72. The third-order valence-corrected chi connectivity index (χ3v) is 5.25. The van der Waals surface area contributed by atoms with Crippen LogP contribution in [-0.2, 0) is 9.59 Å². The number of likely N-dealkylation sites (tertiary alicyclic amines) is 1. The second kappa shape index (κ2) is 8.87. The molecule has 0 bridgehead atoms. The summed E-state index contributed by atoms with van der Waals surface area (Å²) in [5.74, 6) is -1.49. The van der Waals surface area contributed by atoms with Gasteiger partial charge in [0.2, 0.25) is 0 Å². The van der Waals surface area contributed by atoms with Crippen molar-refractivity contribution in [3.63, 3.8) is 0 Å². The fourth-order valence-electron chi connectivity index (χ4n) is 3.57. The molecule has 7 heteroatoms. The zero-order chi connectivity index (χ0) is 21.0. The summed E-state index contributed by atoms with van der Waals surface area (Å²) in [6.07, 6.45) is 3.03. The second-order valence-electron chi connectivity index (χ2n) is 6.85. The van der Waals surface area contributed by atoms with Gasteiger partial charge < -0.3 is 20.0 Å². The van der Waals surface area contributed by atoms with Crippen LogP contribution in [0.1, 0.15) is 31.0 Å². The number of carbonyl (C=O) groups is 2. The van der Waals surface area contributed by atoms with Crippen LogP contribution in [0.15, 0.2) is 54.4 Å². The number of amides is 1. The van der Waals surface area contributed by atoms with Crippen molar-refractivity contribution in [3.05, 3.63) is 65.5 Å². The first-order valence-electron chi connectivity index (χ1n) is 9.68. The number of aromatic nitrogens is 1. The van der Waals surface area contributed by atoms with Crippen LogP contribution in [0.2, 0.25) is 0 Å². The lowest BCUT2D eigenvalue weighted by molar-refractivity contribution is -0.140. The highest BCUT2D eigenvalue weighted by molar-refractivity contribution is 6.46. The lowest BCUT2D eigenvalue weighted by atomic mass is 9.95. The number of carbonyl (C=O) groups excluding carboxylic acids is 2. The van der Waals surface area contributed by atoms with E-state index < -0.39 is 17.7 Å². The van der Waals surface area contributed by atoms with E-state index in [0.717, 1.165) is 13.1 Å². The zero-order valence-corrected chi connectivity index (χ0v) is 16.6. The third kappa shape index (κ3) is 4.14. The fourth-order valence-corrected chi connectivity index (χ4v) is 3.57. The van der Waals surface area contributed by atoms with Gasteiger partial charge in [-0.2, -0.15) is 0 Å². The number of Topliss-reactive ketones (excluding diaryl/α,β-unsaturated/α-hetero) is 1. The van der Waals surface area contributed by atoms with Crippen LogP contribution in [0.4, 0.5) is 0 Å². The number of aliphatic hydroxyl groups excluding tert-OH is 1. The van der Waals surface area contributed by atoms with Gasteiger partial charge in [0.15, 0.2) is 0 Å². The first-order valence-corrected chi connectivity index (χ1v) is 9.68. The summed E-state index contributed by atoms with van der Waals surface area (Å²) >= 11 is 0. The summed E-state index contributed by atoms with van der Waals surface area (Å²) in [7, 11) is 0. The fraction of sp³-hybridized carbons (Fsp3) is 0.318. The summed E-state index contributed by atoms with van der Waals surface area (Å²) in [5, 5.41) is 20.5. The van der Waals surface area contributed by atoms with Crippen molar-refractivity contribution in [2.24, 2.45) is 0 Å². The maximum atomic E-state index is 12.9. The van der Waals surface area contributed by atoms with Crippen molar-refractivity contribution in [2.75, 3.05) is 26.2 Å². The van der Waals surface area contributed by atoms with E-state index in [1.807, 2.05) is 13.8 Å². The van der Waals surface area contributed by atoms with Gasteiger partial charge in [-0.05, 0) is 42.9 Å². The summed E-state index contributed by atoms with van der Waals surface area (Å²) in [5.41, 5.74) is 1.12. The SMILES string of the molecule is CCN(CC)CCN1C(=O)C(=O)/C(=C(/O)c2ccncc2)C1c1ccc(O)cc1. The van der Waals surface area contributed by atoms with Crippen LogP contribution in [0.3, 0.4) is 0 Å². The van der Waals surface area contributed by atoms with Gasteiger partial charge >= 0.3 is 0 Å². The molecule has 2 N–H and O–H groups in total. The van der Waals surface area contributed by atoms with E-state index in [-0.39, 0.29) is 17.1 Å². The number of rotatable bonds is 7. The highest BCUT2D eigenvalue weighted by Crippen LogP contribution is 2.39. The largest absolute Gasteiger partial charge is 0.508 e. The summed E-state index contributed by atoms with van der Waals surface area (Å²) < 4.78 is 0. The summed E-state index contributed by atoms with van der Waals surface area (Å²) in [6, 6.07) is 8.79. The average Bonchev–Trinajstić information content (AvgIpc) is 3.00. The molecule has 1 saturated heterocycles. The van der Waals surface area contributed by atoms with Crippen LogP contribution >= 0.6 is 0 Å². The third-order valence-electron chi connectivity index (χ3n) is 5.25. The Kier molecular flexibility index (Phi) is 6.29. The number of hydrogen-bond acceptors (Lipinski definition) is 6. The molecule has 1 fully saturated rings. The molecule has 29 heavy (non-hydrogen) atoms. The van der Waals surface area contributed by atoms with Crippen LogP contribution in [-0.4, -0.2) is 62.9 Å². The molecule has 0 radical (unpaired) electrons. The van der Waals surface area contributed by atoms with Gasteiger partial charge in [-0.25, -0.2) is 0 Å².